The van der Waals surface area contributed by atoms with Crippen LogP contribution in [-0.4, -0.2) is 15.6 Å². The van der Waals surface area contributed by atoms with Crippen LogP contribution in [-0.2, 0) is 7.05 Å². The smallest absolute Gasteiger partial charge is 0.190 e. The number of benzene rings is 1. The molecule has 94 valence electrons. The predicted octanol–water partition coefficient (Wildman–Crippen LogP) is 1.58. The lowest BCUT2D eigenvalue weighted by molar-refractivity contribution is 0.0953. The molecule has 0 aliphatic heterocycles. The second kappa shape index (κ2) is 4.66. The van der Waals surface area contributed by atoms with E-state index in [-0.39, 0.29) is 0 Å². The molecule has 1 aromatic carbocycles. The molecular formula is C12H11F2N3O. The molecule has 18 heavy (non-hydrogen) atoms. The first-order valence-corrected chi connectivity index (χ1v) is 5.23. The molecule has 0 saturated carbocycles. The van der Waals surface area contributed by atoms with E-state index < -0.39 is 29.0 Å². The molecule has 2 N–H and O–H groups in total. The van der Waals surface area contributed by atoms with Crippen LogP contribution in [0.4, 0.5) is 8.78 Å². The summed E-state index contributed by atoms with van der Waals surface area (Å²) in [6, 6.07) is 2.10. The van der Waals surface area contributed by atoms with Crippen molar-refractivity contribution < 1.29 is 13.6 Å². The van der Waals surface area contributed by atoms with Crippen molar-refractivity contribution >= 4 is 5.78 Å². The Hall–Kier alpha value is -2.08. The number of nitrogens with zero attached hydrogens (tertiary/aromatic N) is 2. The SMILES string of the molecule is Cn1cc(C(N)C(=O)c2c(F)cccc2F)cn1. The summed E-state index contributed by atoms with van der Waals surface area (Å²) in [6.07, 6.45) is 2.92. The second-order valence-electron chi connectivity index (χ2n) is 3.89. The van der Waals surface area contributed by atoms with Crippen LogP contribution >= 0.6 is 0 Å². The summed E-state index contributed by atoms with van der Waals surface area (Å²) in [5.74, 6) is -2.64. The van der Waals surface area contributed by atoms with Gasteiger partial charge in [0.15, 0.2) is 5.78 Å². The summed E-state index contributed by atoms with van der Waals surface area (Å²) < 4.78 is 28.3. The molecule has 1 aromatic heterocycles. The molecule has 6 heteroatoms. The fraction of sp³-hybridized carbons (Fsp3) is 0.167. The predicted molar refractivity (Wildman–Crippen MR) is 60.8 cm³/mol. The Balaban J connectivity index is 2.37. The zero-order chi connectivity index (χ0) is 13.3. The van der Waals surface area contributed by atoms with Gasteiger partial charge in [-0.2, -0.15) is 5.10 Å². The highest BCUT2D eigenvalue weighted by molar-refractivity contribution is 6.00. The Morgan fingerprint density at radius 2 is 2.00 bits per heavy atom. The minimum absolute atomic E-state index is 0.408. The fourth-order valence-electron chi connectivity index (χ4n) is 1.64. The number of aryl methyl sites for hydroxylation is 1. The Labute approximate surface area is 102 Å². The topological polar surface area (TPSA) is 60.9 Å². The van der Waals surface area contributed by atoms with E-state index in [9.17, 15) is 13.6 Å². The zero-order valence-electron chi connectivity index (χ0n) is 9.60. The lowest BCUT2D eigenvalue weighted by Crippen LogP contribution is -2.23. The number of nitrogens with two attached hydrogens (primary N) is 1. The largest absolute Gasteiger partial charge is 0.317 e. The first-order chi connectivity index (χ1) is 8.50. The molecule has 0 radical (unpaired) electrons. The Kier molecular flexibility index (Phi) is 3.20. The van der Waals surface area contributed by atoms with E-state index in [1.807, 2.05) is 0 Å². The summed E-state index contributed by atoms with van der Waals surface area (Å²) >= 11 is 0. The maximum Gasteiger partial charge on any atom is 0.190 e. The number of Topliss-reactive ketones (excluding diaryl/α,β-unsaturated/α-hetero) is 1. The highest BCUT2D eigenvalue weighted by atomic mass is 19.1. The van der Waals surface area contributed by atoms with Crippen molar-refractivity contribution in [2.45, 2.75) is 6.04 Å². The Morgan fingerprint density at radius 1 is 1.39 bits per heavy atom. The monoisotopic (exact) mass is 251 g/mol. The van der Waals surface area contributed by atoms with Crippen molar-refractivity contribution in [3.63, 3.8) is 0 Å². The number of carbonyl (C=O) groups excluding carboxylic acids is 1. The molecule has 2 aromatic rings. The molecule has 0 bridgehead atoms. The number of hydrogen-bond donors (Lipinski definition) is 1. The van der Waals surface area contributed by atoms with Gasteiger partial charge in [-0.25, -0.2) is 8.78 Å². The number of aromatic nitrogens is 2. The molecule has 0 fully saturated rings. The van der Waals surface area contributed by atoms with E-state index in [4.69, 9.17) is 5.73 Å². The highest BCUT2D eigenvalue weighted by Crippen LogP contribution is 2.20. The van der Waals surface area contributed by atoms with E-state index in [1.54, 1.807) is 7.05 Å². The van der Waals surface area contributed by atoms with Crippen molar-refractivity contribution in [2.75, 3.05) is 0 Å². The number of ketones is 1. The van der Waals surface area contributed by atoms with Crippen molar-refractivity contribution in [2.24, 2.45) is 12.8 Å². The van der Waals surface area contributed by atoms with Gasteiger partial charge in [0.1, 0.15) is 11.6 Å². The molecular weight excluding hydrogens is 240 g/mol. The third-order valence-electron chi connectivity index (χ3n) is 2.58. The molecule has 0 saturated heterocycles. The third kappa shape index (κ3) is 2.14. The lowest BCUT2D eigenvalue weighted by Gasteiger charge is -2.09. The summed E-state index contributed by atoms with van der Waals surface area (Å²) in [4.78, 5) is 12.0. The van der Waals surface area contributed by atoms with Gasteiger partial charge in [-0.15, -0.1) is 0 Å². The lowest BCUT2D eigenvalue weighted by atomic mass is 10.00. The summed E-state index contributed by atoms with van der Waals surface area (Å²) in [5, 5.41) is 3.86. The van der Waals surface area contributed by atoms with E-state index in [1.165, 1.54) is 23.1 Å². The van der Waals surface area contributed by atoms with Crippen LogP contribution in [0.1, 0.15) is 22.0 Å². The maximum absolute atomic E-state index is 13.4. The molecule has 0 aliphatic rings. The van der Waals surface area contributed by atoms with Gasteiger partial charge in [0.25, 0.3) is 0 Å². The van der Waals surface area contributed by atoms with Crippen molar-refractivity contribution in [3.05, 3.63) is 53.4 Å². The van der Waals surface area contributed by atoms with Crippen molar-refractivity contribution in [3.8, 4) is 0 Å². The van der Waals surface area contributed by atoms with Crippen LogP contribution in [0.15, 0.2) is 30.6 Å². The average molecular weight is 251 g/mol. The van der Waals surface area contributed by atoms with Gasteiger partial charge in [0.05, 0.1) is 17.8 Å². The van der Waals surface area contributed by atoms with Crippen LogP contribution in [0.2, 0.25) is 0 Å². The molecule has 4 nitrogen and oxygen atoms in total. The van der Waals surface area contributed by atoms with Gasteiger partial charge in [-0.05, 0) is 12.1 Å². The molecule has 0 aliphatic carbocycles. The highest BCUT2D eigenvalue weighted by Gasteiger charge is 2.24. The first kappa shape index (κ1) is 12.4. The van der Waals surface area contributed by atoms with Gasteiger partial charge < -0.3 is 5.73 Å². The third-order valence-corrected chi connectivity index (χ3v) is 2.58. The molecule has 0 amide bonds. The minimum Gasteiger partial charge on any atom is -0.317 e. The standard InChI is InChI=1S/C12H11F2N3O/c1-17-6-7(5-16-17)11(15)12(18)10-8(13)3-2-4-9(10)14/h2-6,11H,15H2,1H3. The first-order valence-electron chi connectivity index (χ1n) is 5.23. The van der Waals surface area contributed by atoms with E-state index in [0.29, 0.717) is 5.56 Å². The maximum atomic E-state index is 13.4. The number of hydrogen-bond acceptors (Lipinski definition) is 3. The molecule has 1 atom stereocenters. The number of rotatable bonds is 3. The van der Waals surface area contributed by atoms with Gasteiger partial charge >= 0.3 is 0 Å². The normalized spacial score (nSPS) is 12.4. The quantitative estimate of drug-likeness (QED) is 0.842. The van der Waals surface area contributed by atoms with E-state index >= 15 is 0 Å². The fourth-order valence-corrected chi connectivity index (χ4v) is 1.64. The minimum atomic E-state index is -1.13. The Morgan fingerprint density at radius 3 is 2.50 bits per heavy atom. The van der Waals surface area contributed by atoms with E-state index in [0.717, 1.165) is 12.1 Å². The van der Waals surface area contributed by atoms with Crippen LogP contribution in [0.5, 0.6) is 0 Å². The molecule has 1 unspecified atom stereocenters. The number of halogens is 2. The van der Waals surface area contributed by atoms with Gasteiger partial charge in [-0.3, -0.25) is 9.48 Å². The van der Waals surface area contributed by atoms with Gasteiger partial charge in [0.2, 0.25) is 0 Å². The van der Waals surface area contributed by atoms with Crippen LogP contribution in [0.3, 0.4) is 0 Å². The summed E-state index contributed by atoms with van der Waals surface area (Å²) in [6.45, 7) is 0. The number of carbonyl (C=O) groups is 1. The van der Waals surface area contributed by atoms with Crippen LogP contribution in [0.25, 0.3) is 0 Å². The Bertz CT molecular complexity index is 575. The summed E-state index contributed by atoms with van der Waals surface area (Å²) in [7, 11) is 1.66. The van der Waals surface area contributed by atoms with Crippen LogP contribution < -0.4 is 5.73 Å². The second-order valence-corrected chi connectivity index (χ2v) is 3.89. The van der Waals surface area contributed by atoms with E-state index in [2.05, 4.69) is 5.10 Å². The summed E-state index contributed by atoms with van der Waals surface area (Å²) in [5.41, 5.74) is 5.48. The molecule has 0 spiro atoms. The van der Waals surface area contributed by atoms with Crippen molar-refractivity contribution in [1.29, 1.82) is 0 Å². The van der Waals surface area contributed by atoms with Crippen molar-refractivity contribution in [1.82, 2.24) is 9.78 Å². The van der Waals surface area contributed by atoms with Gasteiger partial charge in [-0.1, -0.05) is 6.07 Å². The zero-order valence-corrected chi connectivity index (χ0v) is 9.60. The molecule has 1 heterocycles. The van der Waals surface area contributed by atoms with Crippen LogP contribution in [0, 0.1) is 11.6 Å². The molecule has 2 rings (SSSR count). The average Bonchev–Trinajstić information content (AvgIpc) is 2.74. The van der Waals surface area contributed by atoms with Gasteiger partial charge in [0, 0.05) is 18.8 Å².